The van der Waals surface area contributed by atoms with Crippen LogP contribution in [0.4, 0.5) is 5.69 Å². The third-order valence-corrected chi connectivity index (χ3v) is 4.73. The molecule has 1 aliphatic carbocycles. The standard InChI is InChI=1S/C22H25N5O2/c1-13(2)26-22(29)14(3)27-19-8-16(6-7-17(19)10-23)20-12-24-18(11-25-20)9-21(28)15-4-5-15/h6-8,11-15,27H,4-5,9H2,1-3H3,(H,26,29)/t14-/m0/s1. The molecule has 1 heterocycles. The Balaban J connectivity index is 1.76. The van der Waals surface area contributed by atoms with Crippen LogP contribution in [0.5, 0.6) is 0 Å². The Labute approximate surface area is 170 Å². The maximum atomic E-state index is 12.2. The van der Waals surface area contributed by atoms with Crippen LogP contribution in [0.3, 0.4) is 0 Å². The smallest absolute Gasteiger partial charge is 0.242 e. The van der Waals surface area contributed by atoms with Crippen molar-refractivity contribution in [2.45, 2.75) is 52.1 Å². The van der Waals surface area contributed by atoms with Crippen LogP contribution in [0.25, 0.3) is 11.3 Å². The van der Waals surface area contributed by atoms with Gasteiger partial charge in [-0.3, -0.25) is 19.6 Å². The number of carbonyl (C=O) groups is 2. The highest BCUT2D eigenvalue weighted by atomic mass is 16.2. The monoisotopic (exact) mass is 391 g/mol. The van der Waals surface area contributed by atoms with E-state index >= 15 is 0 Å². The number of carbonyl (C=O) groups excluding carboxylic acids is 2. The van der Waals surface area contributed by atoms with Crippen molar-refractivity contribution in [1.29, 1.82) is 5.26 Å². The predicted octanol–water partition coefficient (Wildman–Crippen LogP) is 2.86. The molecule has 0 aliphatic heterocycles. The lowest BCUT2D eigenvalue weighted by Gasteiger charge is -2.18. The highest BCUT2D eigenvalue weighted by molar-refractivity contribution is 5.86. The molecular formula is C22H25N5O2. The van der Waals surface area contributed by atoms with Gasteiger partial charge in [0.1, 0.15) is 17.9 Å². The van der Waals surface area contributed by atoms with Gasteiger partial charge < -0.3 is 10.6 Å². The van der Waals surface area contributed by atoms with E-state index in [1.54, 1.807) is 37.5 Å². The van der Waals surface area contributed by atoms with Crippen LogP contribution < -0.4 is 10.6 Å². The van der Waals surface area contributed by atoms with E-state index in [1.807, 2.05) is 13.8 Å². The zero-order chi connectivity index (χ0) is 21.0. The number of rotatable bonds is 8. The fourth-order valence-electron chi connectivity index (χ4n) is 2.95. The molecule has 0 bridgehead atoms. The Hall–Kier alpha value is -3.27. The lowest BCUT2D eigenvalue weighted by Crippen LogP contribution is -2.41. The number of benzene rings is 1. The van der Waals surface area contributed by atoms with Gasteiger partial charge in [0.25, 0.3) is 0 Å². The van der Waals surface area contributed by atoms with E-state index in [2.05, 4.69) is 26.7 Å². The molecule has 1 aromatic carbocycles. The summed E-state index contributed by atoms with van der Waals surface area (Å²) in [6.07, 6.45) is 5.55. The predicted molar refractivity (Wildman–Crippen MR) is 110 cm³/mol. The largest absolute Gasteiger partial charge is 0.373 e. The molecule has 1 fully saturated rings. The molecule has 0 unspecified atom stereocenters. The molecule has 29 heavy (non-hydrogen) atoms. The molecule has 1 aromatic heterocycles. The summed E-state index contributed by atoms with van der Waals surface area (Å²) in [7, 11) is 0. The quantitative estimate of drug-likeness (QED) is 0.716. The Morgan fingerprint density at radius 3 is 2.55 bits per heavy atom. The molecule has 2 N–H and O–H groups in total. The molecule has 7 nitrogen and oxygen atoms in total. The number of aromatic nitrogens is 2. The van der Waals surface area contributed by atoms with Gasteiger partial charge in [-0.05, 0) is 45.7 Å². The molecule has 3 rings (SSSR count). The van der Waals surface area contributed by atoms with E-state index in [-0.39, 0.29) is 23.7 Å². The number of nitrogens with zero attached hydrogens (tertiary/aromatic N) is 3. The normalized spacial score (nSPS) is 14.2. The van der Waals surface area contributed by atoms with Crippen molar-refractivity contribution >= 4 is 17.4 Å². The summed E-state index contributed by atoms with van der Waals surface area (Å²) in [6, 6.07) is 6.95. The van der Waals surface area contributed by atoms with E-state index in [4.69, 9.17) is 0 Å². The molecular weight excluding hydrogens is 366 g/mol. The first-order chi connectivity index (χ1) is 13.9. The van der Waals surface area contributed by atoms with Gasteiger partial charge in [-0.25, -0.2) is 0 Å². The number of amides is 1. The first-order valence-corrected chi connectivity index (χ1v) is 9.82. The van der Waals surface area contributed by atoms with Crippen LogP contribution in [0.2, 0.25) is 0 Å². The maximum Gasteiger partial charge on any atom is 0.242 e. The molecule has 1 amide bonds. The lowest BCUT2D eigenvalue weighted by atomic mass is 10.1. The van der Waals surface area contributed by atoms with E-state index in [0.29, 0.717) is 29.1 Å². The van der Waals surface area contributed by atoms with Crippen LogP contribution in [0, 0.1) is 17.2 Å². The van der Waals surface area contributed by atoms with Crippen LogP contribution >= 0.6 is 0 Å². The number of nitriles is 1. The SMILES string of the molecule is CC(C)NC(=O)[C@H](C)Nc1cc(-c2cnc(CC(=O)C3CC3)cn2)ccc1C#N. The average Bonchev–Trinajstić information content (AvgIpc) is 3.53. The van der Waals surface area contributed by atoms with E-state index in [0.717, 1.165) is 18.4 Å². The van der Waals surface area contributed by atoms with E-state index in [9.17, 15) is 14.9 Å². The molecule has 1 saturated carbocycles. The van der Waals surface area contributed by atoms with Gasteiger partial charge >= 0.3 is 0 Å². The third kappa shape index (κ3) is 5.38. The maximum absolute atomic E-state index is 12.2. The summed E-state index contributed by atoms with van der Waals surface area (Å²) < 4.78 is 0. The van der Waals surface area contributed by atoms with Crippen molar-refractivity contribution in [1.82, 2.24) is 15.3 Å². The van der Waals surface area contributed by atoms with Crippen LogP contribution in [-0.2, 0) is 16.0 Å². The Morgan fingerprint density at radius 2 is 1.97 bits per heavy atom. The molecule has 0 saturated heterocycles. The van der Waals surface area contributed by atoms with Crippen molar-refractivity contribution in [3.05, 3.63) is 41.9 Å². The second-order valence-electron chi connectivity index (χ2n) is 7.71. The summed E-state index contributed by atoms with van der Waals surface area (Å²) in [4.78, 5) is 32.9. The summed E-state index contributed by atoms with van der Waals surface area (Å²) in [5.41, 5.74) is 3.08. The van der Waals surface area contributed by atoms with Gasteiger partial charge in [0, 0.05) is 23.7 Å². The number of anilines is 1. The first-order valence-electron chi connectivity index (χ1n) is 9.82. The molecule has 150 valence electrons. The summed E-state index contributed by atoms with van der Waals surface area (Å²) in [5, 5.41) is 15.3. The summed E-state index contributed by atoms with van der Waals surface area (Å²) in [6.45, 7) is 5.54. The lowest BCUT2D eigenvalue weighted by molar-refractivity contribution is -0.122. The summed E-state index contributed by atoms with van der Waals surface area (Å²) in [5.74, 6) is 0.294. The number of Topliss-reactive ketones (excluding diaryl/α,β-unsaturated/α-hetero) is 1. The minimum Gasteiger partial charge on any atom is -0.373 e. The Morgan fingerprint density at radius 1 is 1.21 bits per heavy atom. The zero-order valence-electron chi connectivity index (χ0n) is 16.9. The Bertz CT molecular complexity index is 943. The van der Waals surface area contributed by atoms with Gasteiger partial charge in [-0.1, -0.05) is 6.07 Å². The fraction of sp³-hybridized carbons (Fsp3) is 0.409. The molecule has 0 radical (unpaired) electrons. The molecule has 0 spiro atoms. The van der Waals surface area contributed by atoms with Crippen LogP contribution in [0.15, 0.2) is 30.6 Å². The number of hydrogen-bond acceptors (Lipinski definition) is 6. The zero-order valence-corrected chi connectivity index (χ0v) is 16.9. The molecule has 1 atom stereocenters. The fourth-order valence-corrected chi connectivity index (χ4v) is 2.95. The van der Waals surface area contributed by atoms with Gasteiger partial charge in [0.2, 0.25) is 5.91 Å². The molecule has 1 aliphatic rings. The average molecular weight is 391 g/mol. The Kier molecular flexibility index (Phi) is 6.23. The van der Waals surface area contributed by atoms with Crippen LogP contribution in [-0.4, -0.2) is 33.7 Å². The second kappa shape index (κ2) is 8.82. The van der Waals surface area contributed by atoms with Gasteiger partial charge in [0.15, 0.2) is 0 Å². The molecule has 7 heteroatoms. The number of hydrogen-bond donors (Lipinski definition) is 2. The minimum absolute atomic E-state index is 0.0362. The first kappa shape index (κ1) is 20.5. The minimum atomic E-state index is -0.498. The third-order valence-electron chi connectivity index (χ3n) is 4.73. The number of ketones is 1. The summed E-state index contributed by atoms with van der Waals surface area (Å²) >= 11 is 0. The van der Waals surface area contributed by atoms with E-state index in [1.165, 1.54) is 0 Å². The van der Waals surface area contributed by atoms with Crippen molar-refractivity contribution in [2.75, 3.05) is 5.32 Å². The van der Waals surface area contributed by atoms with Gasteiger partial charge in [-0.15, -0.1) is 0 Å². The van der Waals surface area contributed by atoms with Crippen molar-refractivity contribution in [2.24, 2.45) is 5.92 Å². The molecule has 2 aromatic rings. The number of nitrogens with one attached hydrogen (secondary N) is 2. The highest BCUT2D eigenvalue weighted by Crippen LogP contribution is 2.31. The van der Waals surface area contributed by atoms with Crippen molar-refractivity contribution < 1.29 is 9.59 Å². The highest BCUT2D eigenvalue weighted by Gasteiger charge is 2.29. The van der Waals surface area contributed by atoms with E-state index < -0.39 is 6.04 Å². The van der Waals surface area contributed by atoms with Crippen molar-refractivity contribution in [3.8, 4) is 17.3 Å². The van der Waals surface area contributed by atoms with Gasteiger partial charge in [0.05, 0.1) is 35.3 Å². The van der Waals surface area contributed by atoms with Gasteiger partial charge in [-0.2, -0.15) is 5.26 Å². The van der Waals surface area contributed by atoms with Crippen molar-refractivity contribution in [3.63, 3.8) is 0 Å². The van der Waals surface area contributed by atoms with Crippen LogP contribution in [0.1, 0.15) is 44.9 Å². The second-order valence-corrected chi connectivity index (χ2v) is 7.71. The topological polar surface area (TPSA) is 108 Å².